The first-order valence-corrected chi connectivity index (χ1v) is 7.00. The van der Waals surface area contributed by atoms with Crippen LogP contribution in [0, 0.1) is 0 Å². The highest BCUT2D eigenvalue weighted by atomic mass is 32.1. The SMILES string of the molecule is OCCCN1CCN(c2ccc(N=C=S)cc2)CC1. The molecule has 0 amide bonds. The molecule has 0 atom stereocenters. The van der Waals surface area contributed by atoms with Crippen molar-refractivity contribution in [3.63, 3.8) is 0 Å². The van der Waals surface area contributed by atoms with E-state index in [1.54, 1.807) is 0 Å². The van der Waals surface area contributed by atoms with Gasteiger partial charge in [0.05, 0.1) is 10.8 Å². The summed E-state index contributed by atoms with van der Waals surface area (Å²) in [5.41, 5.74) is 2.07. The van der Waals surface area contributed by atoms with E-state index in [1.807, 2.05) is 12.1 Å². The lowest BCUT2D eigenvalue weighted by atomic mass is 10.2. The predicted molar refractivity (Wildman–Crippen MR) is 81.5 cm³/mol. The molecule has 2 rings (SSSR count). The van der Waals surface area contributed by atoms with Crippen molar-refractivity contribution in [2.75, 3.05) is 44.2 Å². The number of nitrogens with zero attached hydrogens (tertiary/aromatic N) is 3. The number of thiocarbonyl (C=S) groups is 1. The summed E-state index contributed by atoms with van der Waals surface area (Å²) in [6, 6.07) is 8.09. The molecule has 1 heterocycles. The van der Waals surface area contributed by atoms with Gasteiger partial charge in [0.2, 0.25) is 0 Å². The van der Waals surface area contributed by atoms with Crippen molar-refractivity contribution in [1.82, 2.24) is 4.90 Å². The number of anilines is 1. The van der Waals surface area contributed by atoms with Crippen LogP contribution in [0.25, 0.3) is 0 Å². The molecular weight excluding hydrogens is 258 g/mol. The number of aliphatic imine (C=N–C) groups is 1. The molecule has 1 fully saturated rings. The molecule has 0 aromatic heterocycles. The second-order valence-electron chi connectivity index (χ2n) is 4.63. The van der Waals surface area contributed by atoms with Gasteiger partial charge in [-0.1, -0.05) is 0 Å². The molecule has 1 aromatic rings. The molecule has 0 radical (unpaired) electrons. The third kappa shape index (κ3) is 4.11. The van der Waals surface area contributed by atoms with Gasteiger partial charge in [-0.05, 0) is 42.9 Å². The monoisotopic (exact) mass is 277 g/mol. The second-order valence-corrected chi connectivity index (χ2v) is 4.81. The zero-order valence-electron chi connectivity index (χ0n) is 11.0. The summed E-state index contributed by atoms with van der Waals surface area (Å²) >= 11 is 4.59. The van der Waals surface area contributed by atoms with Crippen LogP contribution in [0.2, 0.25) is 0 Å². The average Bonchev–Trinajstić information content (AvgIpc) is 2.47. The van der Waals surface area contributed by atoms with Gasteiger partial charge in [-0.3, -0.25) is 4.90 Å². The van der Waals surface area contributed by atoms with Gasteiger partial charge >= 0.3 is 0 Å². The van der Waals surface area contributed by atoms with Crippen LogP contribution < -0.4 is 4.90 Å². The van der Waals surface area contributed by atoms with Crippen molar-refractivity contribution >= 4 is 28.8 Å². The lowest BCUT2D eigenvalue weighted by molar-refractivity contribution is 0.216. The minimum absolute atomic E-state index is 0.280. The molecule has 0 aliphatic carbocycles. The van der Waals surface area contributed by atoms with Crippen LogP contribution in [0.4, 0.5) is 11.4 Å². The minimum Gasteiger partial charge on any atom is -0.396 e. The summed E-state index contributed by atoms with van der Waals surface area (Å²) in [5, 5.41) is 11.2. The highest BCUT2D eigenvalue weighted by Gasteiger charge is 2.16. The summed E-state index contributed by atoms with van der Waals surface area (Å²) in [7, 11) is 0. The molecule has 4 nitrogen and oxygen atoms in total. The fourth-order valence-electron chi connectivity index (χ4n) is 2.31. The normalized spacial score (nSPS) is 16.2. The van der Waals surface area contributed by atoms with Gasteiger partial charge in [-0.15, -0.1) is 0 Å². The van der Waals surface area contributed by atoms with Crippen molar-refractivity contribution in [3.8, 4) is 0 Å². The van der Waals surface area contributed by atoms with E-state index < -0.39 is 0 Å². The largest absolute Gasteiger partial charge is 0.396 e. The standard InChI is InChI=1S/C14H19N3OS/c18-11-1-6-16-7-9-17(10-8-16)14-4-2-13(3-5-14)15-12-19/h2-5,18H,1,6-11H2. The third-order valence-corrected chi connectivity index (χ3v) is 3.49. The maximum Gasteiger partial charge on any atom is 0.0741 e. The Hall–Kier alpha value is -1.26. The molecule has 1 aromatic carbocycles. The number of benzene rings is 1. The summed E-state index contributed by atoms with van der Waals surface area (Å²) in [5.74, 6) is 0. The van der Waals surface area contributed by atoms with Gasteiger partial charge in [-0.25, -0.2) is 0 Å². The van der Waals surface area contributed by atoms with Crippen molar-refractivity contribution < 1.29 is 5.11 Å². The first-order chi connectivity index (χ1) is 9.33. The van der Waals surface area contributed by atoms with Gasteiger partial charge in [0.25, 0.3) is 0 Å². The molecule has 1 saturated heterocycles. The molecule has 0 unspecified atom stereocenters. The number of hydrogen-bond acceptors (Lipinski definition) is 5. The zero-order valence-corrected chi connectivity index (χ0v) is 11.8. The maximum atomic E-state index is 8.84. The number of rotatable bonds is 5. The van der Waals surface area contributed by atoms with Gasteiger partial charge < -0.3 is 10.0 Å². The molecular formula is C14H19N3OS. The Morgan fingerprint density at radius 1 is 1.16 bits per heavy atom. The van der Waals surface area contributed by atoms with E-state index >= 15 is 0 Å². The quantitative estimate of drug-likeness (QED) is 0.659. The van der Waals surface area contributed by atoms with Gasteiger partial charge in [0, 0.05) is 45.0 Å². The number of aliphatic hydroxyl groups excluding tert-OH is 1. The van der Waals surface area contributed by atoms with Crippen LogP contribution in [0.1, 0.15) is 6.42 Å². The Balaban J connectivity index is 1.88. The summed E-state index contributed by atoms with van der Waals surface area (Å²) in [6.45, 7) is 5.44. The first-order valence-electron chi connectivity index (χ1n) is 6.59. The van der Waals surface area contributed by atoms with Crippen LogP contribution in [0.5, 0.6) is 0 Å². The Morgan fingerprint density at radius 3 is 2.42 bits per heavy atom. The number of hydrogen-bond donors (Lipinski definition) is 1. The van der Waals surface area contributed by atoms with Gasteiger partial charge in [0.15, 0.2) is 0 Å². The van der Waals surface area contributed by atoms with Crippen molar-refractivity contribution in [2.24, 2.45) is 4.99 Å². The van der Waals surface area contributed by atoms with Crippen molar-refractivity contribution in [1.29, 1.82) is 0 Å². The van der Waals surface area contributed by atoms with Crippen LogP contribution in [-0.4, -0.2) is 54.5 Å². The molecule has 1 N–H and O–H groups in total. The predicted octanol–water partition coefficient (Wildman–Crippen LogP) is 1.93. The average molecular weight is 277 g/mol. The Labute approximate surface area is 119 Å². The van der Waals surface area contributed by atoms with E-state index in [0.717, 1.165) is 44.8 Å². The number of isothiocyanates is 1. The van der Waals surface area contributed by atoms with Crippen LogP contribution in [0.15, 0.2) is 29.3 Å². The molecule has 5 heteroatoms. The fourth-order valence-corrected chi connectivity index (χ4v) is 2.42. The third-order valence-electron chi connectivity index (χ3n) is 3.39. The van der Waals surface area contributed by atoms with Crippen LogP contribution >= 0.6 is 12.2 Å². The molecule has 102 valence electrons. The summed E-state index contributed by atoms with van der Waals surface area (Å²) in [6.07, 6.45) is 0.865. The topological polar surface area (TPSA) is 39.1 Å². The van der Waals surface area contributed by atoms with E-state index in [1.165, 1.54) is 5.69 Å². The fraction of sp³-hybridized carbons (Fsp3) is 0.500. The highest BCUT2D eigenvalue weighted by molar-refractivity contribution is 7.78. The molecule has 19 heavy (non-hydrogen) atoms. The smallest absolute Gasteiger partial charge is 0.0741 e. The number of aliphatic hydroxyl groups is 1. The summed E-state index contributed by atoms with van der Waals surface area (Å²) in [4.78, 5) is 8.73. The van der Waals surface area contributed by atoms with Crippen LogP contribution in [-0.2, 0) is 0 Å². The van der Waals surface area contributed by atoms with Gasteiger partial charge in [0.1, 0.15) is 0 Å². The van der Waals surface area contributed by atoms with E-state index in [2.05, 4.69) is 44.3 Å². The van der Waals surface area contributed by atoms with Gasteiger partial charge in [-0.2, -0.15) is 4.99 Å². The Morgan fingerprint density at radius 2 is 1.84 bits per heavy atom. The molecule has 0 spiro atoms. The summed E-state index contributed by atoms with van der Waals surface area (Å²) < 4.78 is 0. The number of piperazine rings is 1. The molecule has 1 aliphatic rings. The lowest BCUT2D eigenvalue weighted by Gasteiger charge is -2.36. The van der Waals surface area contributed by atoms with E-state index in [0.29, 0.717) is 0 Å². The second kappa shape index (κ2) is 7.36. The highest BCUT2D eigenvalue weighted by Crippen LogP contribution is 2.20. The molecule has 0 saturated carbocycles. The first kappa shape index (κ1) is 14.2. The van der Waals surface area contributed by atoms with E-state index in [-0.39, 0.29) is 6.61 Å². The lowest BCUT2D eigenvalue weighted by Crippen LogP contribution is -2.46. The van der Waals surface area contributed by atoms with Crippen LogP contribution in [0.3, 0.4) is 0 Å². The Kier molecular flexibility index (Phi) is 5.48. The van der Waals surface area contributed by atoms with E-state index in [4.69, 9.17) is 5.11 Å². The van der Waals surface area contributed by atoms with Crippen molar-refractivity contribution in [2.45, 2.75) is 6.42 Å². The zero-order chi connectivity index (χ0) is 13.5. The maximum absolute atomic E-state index is 8.84. The Bertz CT molecular complexity index is 435. The van der Waals surface area contributed by atoms with E-state index in [9.17, 15) is 0 Å². The minimum atomic E-state index is 0.280. The van der Waals surface area contributed by atoms with Crippen molar-refractivity contribution in [3.05, 3.63) is 24.3 Å². The molecule has 0 bridgehead atoms. The molecule has 1 aliphatic heterocycles.